The van der Waals surface area contributed by atoms with Gasteiger partial charge in [-0.25, -0.2) is 0 Å². The van der Waals surface area contributed by atoms with Gasteiger partial charge in [-0.15, -0.1) is 0 Å². The van der Waals surface area contributed by atoms with E-state index in [4.69, 9.17) is 0 Å². The first-order valence-electron chi connectivity index (χ1n) is 9.33. The number of nitrogens with zero attached hydrogens (tertiary/aromatic N) is 1. The van der Waals surface area contributed by atoms with E-state index in [1.807, 2.05) is 0 Å². The molecule has 3 N–H and O–H groups in total. The third-order valence-corrected chi connectivity index (χ3v) is 4.41. The number of piperidine rings is 1. The number of amides is 4. The summed E-state index contributed by atoms with van der Waals surface area (Å²) in [6, 6.07) is 13.3. The fourth-order valence-electron chi connectivity index (χ4n) is 3.05. The third kappa shape index (κ3) is 5.41. The van der Waals surface area contributed by atoms with Gasteiger partial charge in [-0.3, -0.25) is 19.2 Å². The molecular formula is C21H22N4O4. The van der Waals surface area contributed by atoms with Crippen LogP contribution in [-0.4, -0.2) is 30.2 Å². The zero-order valence-electron chi connectivity index (χ0n) is 16.0. The van der Waals surface area contributed by atoms with Crippen LogP contribution in [0.2, 0.25) is 0 Å². The number of hydrogen-bond acceptors (Lipinski definition) is 4. The van der Waals surface area contributed by atoms with Crippen molar-refractivity contribution in [1.29, 1.82) is 0 Å². The standard InChI is InChI=1S/C21H22N4O4/c1-14(26)22-15-8-10-16(11-9-15)23-20(28)21(29)24-17-5-4-6-18(13-17)25-12-3-2-7-19(25)27/h4-6,8-11,13H,2-3,7,12H2,1H3,(H,22,26)(H,23,28)(H,24,29). The number of nitrogens with one attached hydrogen (secondary N) is 3. The normalized spacial score (nSPS) is 13.6. The molecule has 1 saturated heterocycles. The maximum absolute atomic E-state index is 12.2. The molecule has 8 heteroatoms. The average molecular weight is 394 g/mol. The molecule has 0 unspecified atom stereocenters. The lowest BCUT2D eigenvalue weighted by Crippen LogP contribution is -2.35. The molecule has 0 aromatic heterocycles. The fraction of sp³-hybridized carbons (Fsp3) is 0.238. The summed E-state index contributed by atoms with van der Waals surface area (Å²) >= 11 is 0. The van der Waals surface area contributed by atoms with Crippen LogP contribution in [0.4, 0.5) is 22.7 Å². The highest BCUT2D eigenvalue weighted by atomic mass is 16.2. The number of carbonyl (C=O) groups is 4. The minimum atomic E-state index is -0.822. The van der Waals surface area contributed by atoms with E-state index in [-0.39, 0.29) is 11.8 Å². The fourth-order valence-corrected chi connectivity index (χ4v) is 3.05. The Hall–Kier alpha value is -3.68. The monoisotopic (exact) mass is 394 g/mol. The maximum Gasteiger partial charge on any atom is 0.314 e. The third-order valence-electron chi connectivity index (χ3n) is 4.41. The van der Waals surface area contributed by atoms with Crippen LogP contribution < -0.4 is 20.9 Å². The Morgan fingerprint density at radius 3 is 2.07 bits per heavy atom. The molecule has 0 radical (unpaired) electrons. The van der Waals surface area contributed by atoms with E-state index in [1.54, 1.807) is 53.4 Å². The van der Waals surface area contributed by atoms with Crippen molar-refractivity contribution in [2.75, 3.05) is 27.4 Å². The summed E-state index contributed by atoms with van der Waals surface area (Å²) in [7, 11) is 0. The van der Waals surface area contributed by atoms with Crippen LogP contribution in [-0.2, 0) is 19.2 Å². The number of hydrogen-bond donors (Lipinski definition) is 3. The quantitative estimate of drug-likeness (QED) is 0.693. The van der Waals surface area contributed by atoms with Gasteiger partial charge in [0, 0.05) is 42.6 Å². The number of carbonyl (C=O) groups excluding carboxylic acids is 4. The minimum absolute atomic E-state index is 0.0557. The first-order chi connectivity index (χ1) is 13.9. The van der Waals surface area contributed by atoms with Gasteiger partial charge in [0.25, 0.3) is 0 Å². The van der Waals surface area contributed by atoms with Gasteiger partial charge in [0.15, 0.2) is 0 Å². The second kappa shape index (κ2) is 9.01. The van der Waals surface area contributed by atoms with Gasteiger partial charge >= 0.3 is 11.8 Å². The Kier molecular flexibility index (Phi) is 6.23. The molecule has 0 aliphatic carbocycles. The van der Waals surface area contributed by atoms with Crippen molar-refractivity contribution in [2.24, 2.45) is 0 Å². The summed E-state index contributed by atoms with van der Waals surface area (Å²) in [5, 5.41) is 7.66. The van der Waals surface area contributed by atoms with Crippen molar-refractivity contribution >= 4 is 46.4 Å². The van der Waals surface area contributed by atoms with Crippen LogP contribution >= 0.6 is 0 Å². The minimum Gasteiger partial charge on any atom is -0.326 e. The lowest BCUT2D eigenvalue weighted by atomic mass is 10.1. The molecule has 1 heterocycles. The van der Waals surface area contributed by atoms with E-state index in [9.17, 15) is 19.2 Å². The van der Waals surface area contributed by atoms with E-state index in [2.05, 4.69) is 16.0 Å². The van der Waals surface area contributed by atoms with E-state index in [1.165, 1.54) is 6.92 Å². The molecule has 4 amide bonds. The van der Waals surface area contributed by atoms with Crippen molar-refractivity contribution in [3.8, 4) is 0 Å². The predicted octanol–water partition coefficient (Wildman–Crippen LogP) is 2.74. The van der Waals surface area contributed by atoms with Gasteiger partial charge in [0.1, 0.15) is 0 Å². The summed E-state index contributed by atoms with van der Waals surface area (Å²) in [6.07, 6.45) is 2.34. The van der Waals surface area contributed by atoms with Crippen molar-refractivity contribution in [2.45, 2.75) is 26.2 Å². The molecule has 1 aliphatic rings. The highest BCUT2D eigenvalue weighted by molar-refractivity contribution is 6.43. The molecule has 2 aromatic rings. The average Bonchev–Trinajstić information content (AvgIpc) is 2.69. The van der Waals surface area contributed by atoms with E-state index in [0.29, 0.717) is 35.7 Å². The van der Waals surface area contributed by atoms with Gasteiger partial charge < -0.3 is 20.9 Å². The molecule has 1 aliphatic heterocycles. The molecular weight excluding hydrogens is 372 g/mol. The van der Waals surface area contributed by atoms with Crippen LogP contribution in [0.3, 0.4) is 0 Å². The number of anilines is 4. The molecule has 8 nitrogen and oxygen atoms in total. The lowest BCUT2D eigenvalue weighted by molar-refractivity contribution is -0.132. The second-order valence-corrected chi connectivity index (χ2v) is 6.72. The van der Waals surface area contributed by atoms with Crippen LogP contribution in [0.5, 0.6) is 0 Å². The summed E-state index contributed by atoms with van der Waals surface area (Å²) < 4.78 is 0. The smallest absolute Gasteiger partial charge is 0.314 e. The molecule has 0 bridgehead atoms. The Morgan fingerprint density at radius 2 is 1.45 bits per heavy atom. The van der Waals surface area contributed by atoms with Gasteiger partial charge in [0.2, 0.25) is 11.8 Å². The topological polar surface area (TPSA) is 108 Å². The molecule has 3 rings (SSSR count). The summed E-state index contributed by atoms with van der Waals surface area (Å²) in [4.78, 5) is 49.2. The van der Waals surface area contributed by atoms with Crippen LogP contribution in [0.15, 0.2) is 48.5 Å². The van der Waals surface area contributed by atoms with E-state index >= 15 is 0 Å². The molecule has 150 valence electrons. The lowest BCUT2D eigenvalue weighted by Gasteiger charge is -2.27. The van der Waals surface area contributed by atoms with Crippen LogP contribution in [0.25, 0.3) is 0 Å². The Labute approximate surface area is 168 Å². The molecule has 29 heavy (non-hydrogen) atoms. The molecule has 2 aromatic carbocycles. The van der Waals surface area contributed by atoms with E-state index in [0.717, 1.165) is 12.8 Å². The Bertz CT molecular complexity index is 940. The van der Waals surface area contributed by atoms with Crippen LogP contribution in [0, 0.1) is 0 Å². The number of rotatable bonds is 4. The van der Waals surface area contributed by atoms with Gasteiger partial charge in [-0.05, 0) is 55.3 Å². The highest BCUT2D eigenvalue weighted by Gasteiger charge is 2.20. The predicted molar refractivity (Wildman–Crippen MR) is 111 cm³/mol. The zero-order chi connectivity index (χ0) is 20.8. The molecule has 0 atom stereocenters. The summed E-state index contributed by atoms with van der Waals surface area (Å²) in [5.41, 5.74) is 2.14. The Balaban J connectivity index is 1.61. The van der Waals surface area contributed by atoms with Gasteiger partial charge in [-0.1, -0.05) is 6.07 Å². The van der Waals surface area contributed by atoms with Gasteiger partial charge in [-0.2, -0.15) is 0 Å². The SMILES string of the molecule is CC(=O)Nc1ccc(NC(=O)C(=O)Nc2cccc(N3CCCCC3=O)c2)cc1. The maximum atomic E-state index is 12.2. The zero-order valence-corrected chi connectivity index (χ0v) is 16.0. The number of benzene rings is 2. The van der Waals surface area contributed by atoms with E-state index < -0.39 is 11.8 Å². The first-order valence-corrected chi connectivity index (χ1v) is 9.33. The van der Waals surface area contributed by atoms with Crippen molar-refractivity contribution in [3.63, 3.8) is 0 Å². The first kappa shape index (κ1) is 20.1. The largest absolute Gasteiger partial charge is 0.326 e. The molecule has 0 spiro atoms. The van der Waals surface area contributed by atoms with Crippen molar-refractivity contribution in [3.05, 3.63) is 48.5 Å². The van der Waals surface area contributed by atoms with Crippen molar-refractivity contribution < 1.29 is 19.2 Å². The summed E-state index contributed by atoms with van der Waals surface area (Å²) in [6.45, 7) is 2.04. The van der Waals surface area contributed by atoms with Crippen LogP contribution in [0.1, 0.15) is 26.2 Å². The summed E-state index contributed by atoms with van der Waals surface area (Å²) in [5.74, 6) is -1.79. The molecule has 0 saturated carbocycles. The van der Waals surface area contributed by atoms with Gasteiger partial charge in [0.05, 0.1) is 0 Å². The highest BCUT2D eigenvalue weighted by Crippen LogP contribution is 2.24. The Morgan fingerprint density at radius 1 is 0.828 bits per heavy atom. The second-order valence-electron chi connectivity index (χ2n) is 6.72. The van der Waals surface area contributed by atoms with Crippen molar-refractivity contribution in [1.82, 2.24) is 0 Å². The molecule has 1 fully saturated rings.